The van der Waals surface area contributed by atoms with Crippen LogP contribution in [0.15, 0.2) is 30.3 Å². The third kappa shape index (κ3) is 2.43. The first-order valence-electron chi connectivity index (χ1n) is 6.55. The third-order valence-corrected chi connectivity index (χ3v) is 3.63. The standard InChI is InChI=1S/C14H17NO5/c1-18-14-10(12-11(20-12)9(7-16)19-14)15-13(17)8-5-3-2-4-6-8/h2-6,9-12,14,16H,7H2,1H3,(H,15,17)/t9-,10-,11+,12-,14+/m0/s1. The molecule has 6 nitrogen and oxygen atoms in total. The molecule has 3 rings (SSSR count). The van der Waals surface area contributed by atoms with E-state index in [4.69, 9.17) is 14.2 Å². The molecule has 2 heterocycles. The Kier molecular flexibility index (Phi) is 3.71. The molecule has 20 heavy (non-hydrogen) atoms. The van der Waals surface area contributed by atoms with Crippen LogP contribution in [0.3, 0.4) is 0 Å². The Hall–Kier alpha value is -1.47. The first-order chi connectivity index (χ1) is 9.74. The number of epoxide rings is 1. The maximum Gasteiger partial charge on any atom is 0.251 e. The Balaban J connectivity index is 1.69. The van der Waals surface area contributed by atoms with E-state index in [0.717, 1.165) is 0 Å². The number of nitrogens with one attached hydrogen (secondary N) is 1. The molecular formula is C14H17NO5. The first-order valence-corrected chi connectivity index (χ1v) is 6.55. The molecule has 2 aliphatic heterocycles. The van der Waals surface area contributed by atoms with Crippen molar-refractivity contribution in [2.24, 2.45) is 0 Å². The maximum absolute atomic E-state index is 12.2. The van der Waals surface area contributed by atoms with Gasteiger partial charge in [-0.15, -0.1) is 0 Å². The van der Waals surface area contributed by atoms with Crippen LogP contribution in [-0.2, 0) is 14.2 Å². The summed E-state index contributed by atoms with van der Waals surface area (Å²) in [5.74, 6) is -0.196. The predicted octanol–water partition coefficient (Wildman–Crippen LogP) is -0.0840. The van der Waals surface area contributed by atoms with E-state index >= 15 is 0 Å². The highest BCUT2D eigenvalue weighted by Crippen LogP contribution is 2.37. The zero-order valence-electron chi connectivity index (χ0n) is 11.1. The topological polar surface area (TPSA) is 80.3 Å². The fourth-order valence-corrected chi connectivity index (χ4v) is 2.54. The molecule has 0 unspecified atom stereocenters. The monoisotopic (exact) mass is 279 g/mol. The molecule has 2 fully saturated rings. The lowest BCUT2D eigenvalue weighted by molar-refractivity contribution is -0.190. The van der Waals surface area contributed by atoms with Gasteiger partial charge in [-0.1, -0.05) is 18.2 Å². The van der Waals surface area contributed by atoms with E-state index in [-0.39, 0.29) is 30.8 Å². The molecule has 0 aliphatic carbocycles. The highest BCUT2D eigenvalue weighted by Gasteiger charge is 2.58. The van der Waals surface area contributed by atoms with Crippen molar-refractivity contribution < 1.29 is 24.1 Å². The molecule has 108 valence electrons. The molecule has 0 radical (unpaired) electrons. The Morgan fingerprint density at radius 1 is 1.30 bits per heavy atom. The maximum atomic E-state index is 12.2. The van der Waals surface area contributed by atoms with E-state index in [1.54, 1.807) is 24.3 Å². The second-order valence-electron chi connectivity index (χ2n) is 4.89. The molecule has 5 atom stereocenters. The smallest absolute Gasteiger partial charge is 0.251 e. The zero-order chi connectivity index (χ0) is 14.1. The summed E-state index contributed by atoms with van der Waals surface area (Å²) in [6.45, 7) is -0.125. The van der Waals surface area contributed by atoms with Crippen molar-refractivity contribution in [2.45, 2.75) is 30.6 Å². The number of benzene rings is 1. The van der Waals surface area contributed by atoms with E-state index in [0.29, 0.717) is 5.56 Å². The number of amides is 1. The lowest BCUT2D eigenvalue weighted by Gasteiger charge is -2.32. The van der Waals surface area contributed by atoms with Gasteiger partial charge in [-0.05, 0) is 12.1 Å². The van der Waals surface area contributed by atoms with Crippen molar-refractivity contribution >= 4 is 5.91 Å². The molecule has 6 heteroatoms. The molecule has 1 amide bonds. The minimum atomic E-state index is -0.622. The van der Waals surface area contributed by atoms with Gasteiger partial charge in [0.2, 0.25) is 0 Å². The quantitative estimate of drug-likeness (QED) is 0.753. The molecule has 1 aromatic carbocycles. The number of carbonyl (C=O) groups is 1. The van der Waals surface area contributed by atoms with Gasteiger partial charge < -0.3 is 24.6 Å². The van der Waals surface area contributed by atoms with Gasteiger partial charge in [-0.2, -0.15) is 0 Å². The van der Waals surface area contributed by atoms with Crippen LogP contribution in [0.1, 0.15) is 10.4 Å². The number of carbonyl (C=O) groups excluding carboxylic acids is 1. The predicted molar refractivity (Wildman–Crippen MR) is 69.1 cm³/mol. The Morgan fingerprint density at radius 2 is 2.05 bits per heavy atom. The molecule has 0 bridgehead atoms. The summed E-state index contributed by atoms with van der Waals surface area (Å²) in [7, 11) is 1.50. The van der Waals surface area contributed by atoms with E-state index in [1.807, 2.05) is 6.07 Å². The van der Waals surface area contributed by atoms with Gasteiger partial charge in [0, 0.05) is 12.7 Å². The van der Waals surface area contributed by atoms with E-state index in [9.17, 15) is 9.90 Å². The van der Waals surface area contributed by atoms with Gasteiger partial charge in [0.15, 0.2) is 6.29 Å². The number of hydrogen-bond donors (Lipinski definition) is 2. The van der Waals surface area contributed by atoms with Gasteiger partial charge in [0.05, 0.1) is 6.61 Å². The number of rotatable bonds is 4. The molecule has 0 spiro atoms. The van der Waals surface area contributed by atoms with Crippen molar-refractivity contribution in [3.63, 3.8) is 0 Å². The highest BCUT2D eigenvalue weighted by atomic mass is 16.7. The lowest BCUT2D eigenvalue weighted by Crippen LogP contribution is -2.55. The zero-order valence-corrected chi connectivity index (χ0v) is 11.1. The number of methoxy groups -OCH3 is 1. The van der Waals surface area contributed by atoms with Gasteiger partial charge in [-0.3, -0.25) is 4.79 Å². The van der Waals surface area contributed by atoms with Crippen molar-refractivity contribution in [1.82, 2.24) is 5.32 Å². The minimum absolute atomic E-state index is 0.125. The van der Waals surface area contributed by atoms with Crippen LogP contribution in [0.5, 0.6) is 0 Å². The summed E-state index contributed by atoms with van der Waals surface area (Å²) in [6, 6.07) is 8.56. The van der Waals surface area contributed by atoms with Crippen molar-refractivity contribution in [2.75, 3.05) is 13.7 Å². The summed E-state index contributed by atoms with van der Waals surface area (Å²) in [5, 5.41) is 12.1. The molecule has 2 saturated heterocycles. The SMILES string of the molecule is CO[C@@H]1O[C@@H](CO)[C@H]2O[C@H]2[C@@H]1NC(=O)c1ccccc1. The van der Waals surface area contributed by atoms with Crippen molar-refractivity contribution in [1.29, 1.82) is 0 Å². The van der Waals surface area contributed by atoms with Crippen molar-refractivity contribution in [3.8, 4) is 0 Å². The molecular weight excluding hydrogens is 262 g/mol. The summed E-state index contributed by atoms with van der Waals surface area (Å²) < 4.78 is 16.3. The summed E-state index contributed by atoms with van der Waals surface area (Å²) >= 11 is 0. The Bertz CT molecular complexity index is 480. The highest BCUT2D eigenvalue weighted by molar-refractivity contribution is 5.94. The van der Waals surface area contributed by atoms with Crippen LogP contribution in [0, 0.1) is 0 Å². The number of hydrogen-bond acceptors (Lipinski definition) is 5. The van der Waals surface area contributed by atoms with Crippen LogP contribution in [0.25, 0.3) is 0 Å². The molecule has 0 saturated carbocycles. The normalized spacial score (nSPS) is 35.2. The molecule has 0 aromatic heterocycles. The second-order valence-corrected chi connectivity index (χ2v) is 4.89. The van der Waals surface area contributed by atoms with Crippen LogP contribution < -0.4 is 5.32 Å². The van der Waals surface area contributed by atoms with Crippen LogP contribution in [0.4, 0.5) is 0 Å². The van der Waals surface area contributed by atoms with Gasteiger partial charge in [-0.25, -0.2) is 0 Å². The van der Waals surface area contributed by atoms with Gasteiger partial charge in [0.25, 0.3) is 5.91 Å². The summed E-state index contributed by atoms with van der Waals surface area (Å²) in [4.78, 5) is 12.2. The average molecular weight is 279 g/mol. The van der Waals surface area contributed by atoms with Gasteiger partial charge in [0.1, 0.15) is 24.4 Å². The molecule has 2 aliphatic rings. The first kappa shape index (κ1) is 13.5. The number of aliphatic hydroxyl groups is 1. The summed E-state index contributed by atoms with van der Waals surface area (Å²) in [5.41, 5.74) is 0.573. The van der Waals surface area contributed by atoms with Crippen LogP contribution in [0.2, 0.25) is 0 Å². The largest absolute Gasteiger partial charge is 0.394 e. The number of fused-ring (bicyclic) bond motifs is 1. The fourth-order valence-electron chi connectivity index (χ4n) is 2.54. The fraction of sp³-hybridized carbons (Fsp3) is 0.500. The Morgan fingerprint density at radius 3 is 2.70 bits per heavy atom. The van der Waals surface area contributed by atoms with Crippen LogP contribution >= 0.6 is 0 Å². The summed E-state index contributed by atoms with van der Waals surface area (Å²) in [6.07, 6.45) is -1.36. The Labute approximate surface area is 116 Å². The average Bonchev–Trinajstić information content (AvgIpc) is 3.29. The van der Waals surface area contributed by atoms with E-state index in [1.165, 1.54) is 7.11 Å². The van der Waals surface area contributed by atoms with Crippen molar-refractivity contribution in [3.05, 3.63) is 35.9 Å². The number of aliphatic hydroxyl groups excluding tert-OH is 1. The van der Waals surface area contributed by atoms with E-state index < -0.39 is 12.4 Å². The molecule has 1 aromatic rings. The second kappa shape index (κ2) is 5.49. The molecule has 2 N–H and O–H groups in total. The number of ether oxygens (including phenoxy) is 3. The van der Waals surface area contributed by atoms with Crippen LogP contribution in [-0.4, -0.2) is 55.4 Å². The third-order valence-electron chi connectivity index (χ3n) is 3.63. The minimum Gasteiger partial charge on any atom is -0.394 e. The lowest BCUT2D eigenvalue weighted by atomic mass is 10.0. The van der Waals surface area contributed by atoms with E-state index in [2.05, 4.69) is 5.32 Å². The van der Waals surface area contributed by atoms with Gasteiger partial charge >= 0.3 is 0 Å².